The number of aromatic amines is 1. The van der Waals surface area contributed by atoms with E-state index >= 15 is 0 Å². The van der Waals surface area contributed by atoms with E-state index in [2.05, 4.69) is 32.1 Å². The molecular weight excluding hydrogens is 286 g/mol. The summed E-state index contributed by atoms with van der Waals surface area (Å²) in [5, 5.41) is 8.40. The lowest BCUT2D eigenvalue weighted by molar-refractivity contribution is 0.560. The van der Waals surface area contributed by atoms with Crippen molar-refractivity contribution < 1.29 is 4.42 Å². The Bertz CT molecular complexity index is 735. The molecule has 0 spiro atoms. The van der Waals surface area contributed by atoms with Gasteiger partial charge >= 0.3 is 0 Å². The molecule has 3 rings (SSSR count). The predicted molar refractivity (Wildman–Crippen MR) is 83.3 cm³/mol. The van der Waals surface area contributed by atoms with Gasteiger partial charge in [-0.2, -0.15) is 5.10 Å². The van der Waals surface area contributed by atoms with E-state index in [1.807, 2.05) is 12.1 Å². The molecule has 0 saturated heterocycles. The Morgan fingerprint density at radius 3 is 3.19 bits per heavy atom. The van der Waals surface area contributed by atoms with E-state index in [-0.39, 0.29) is 0 Å². The third-order valence-electron chi connectivity index (χ3n) is 2.86. The number of aromatic nitrogens is 4. The molecule has 0 aliphatic rings. The molecule has 0 aliphatic heterocycles. The van der Waals surface area contributed by atoms with Crippen molar-refractivity contribution in [2.24, 2.45) is 4.99 Å². The van der Waals surface area contributed by atoms with Gasteiger partial charge in [0.1, 0.15) is 5.76 Å². The molecule has 3 aromatic heterocycles. The maximum Gasteiger partial charge on any atom is 0.191 e. The lowest BCUT2D eigenvalue weighted by atomic mass is 10.4. The summed E-state index contributed by atoms with van der Waals surface area (Å²) in [4.78, 5) is 13.3. The second-order valence-corrected chi connectivity index (χ2v) is 5.50. The van der Waals surface area contributed by atoms with Gasteiger partial charge in [-0.15, -0.1) is 0 Å². The van der Waals surface area contributed by atoms with Crippen molar-refractivity contribution in [2.45, 2.75) is 24.9 Å². The van der Waals surface area contributed by atoms with Crippen LogP contribution in [0, 0.1) is 0 Å². The maximum atomic E-state index is 5.24. The number of hydrogen-bond acceptors (Lipinski definition) is 6. The molecule has 0 amide bonds. The topological polar surface area (TPSA) is 80.0 Å². The Balaban J connectivity index is 1.90. The molecule has 0 unspecified atom stereocenters. The first kappa shape index (κ1) is 13.8. The lowest BCUT2D eigenvalue weighted by Gasteiger charge is -2.01. The van der Waals surface area contributed by atoms with Gasteiger partial charge in [0.15, 0.2) is 16.6 Å². The fourth-order valence-electron chi connectivity index (χ4n) is 1.76. The van der Waals surface area contributed by atoms with Crippen LogP contribution in [0.3, 0.4) is 0 Å². The van der Waals surface area contributed by atoms with Crippen molar-refractivity contribution in [1.82, 2.24) is 20.2 Å². The maximum absolute atomic E-state index is 5.24. The third-order valence-corrected chi connectivity index (χ3v) is 3.79. The first-order valence-corrected chi connectivity index (χ1v) is 7.77. The zero-order chi connectivity index (χ0) is 14.5. The summed E-state index contributed by atoms with van der Waals surface area (Å²) in [7, 11) is 0. The van der Waals surface area contributed by atoms with E-state index in [0.29, 0.717) is 22.4 Å². The number of H-pyrrole nitrogens is 1. The van der Waals surface area contributed by atoms with Crippen LogP contribution in [-0.2, 0) is 0 Å². The molecule has 0 fully saturated rings. The molecule has 0 radical (unpaired) electrons. The van der Waals surface area contributed by atoms with Crippen molar-refractivity contribution in [2.75, 3.05) is 5.75 Å². The fraction of sp³-hybridized carbons (Fsp3) is 0.286. The third kappa shape index (κ3) is 3.30. The van der Waals surface area contributed by atoms with E-state index in [1.165, 1.54) is 0 Å². The van der Waals surface area contributed by atoms with Crippen LogP contribution in [0.15, 0.2) is 39.2 Å². The van der Waals surface area contributed by atoms with Crippen molar-refractivity contribution >= 4 is 34.8 Å². The molecule has 3 aromatic rings. The number of fused-ring (bicyclic) bond motifs is 1. The Hall–Kier alpha value is -2.15. The Morgan fingerprint density at radius 1 is 1.43 bits per heavy atom. The summed E-state index contributed by atoms with van der Waals surface area (Å²) in [5.41, 5.74) is 0.704. The van der Waals surface area contributed by atoms with Crippen LogP contribution in [0.2, 0.25) is 0 Å². The van der Waals surface area contributed by atoms with Gasteiger partial charge in [0, 0.05) is 5.75 Å². The van der Waals surface area contributed by atoms with E-state index in [1.54, 1.807) is 30.4 Å². The van der Waals surface area contributed by atoms with Gasteiger partial charge in [-0.05, 0) is 18.6 Å². The minimum Gasteiger partial charge on any atom is -0.463 e. The standard InChI is InChI=1S/C14H15N5OS/c1-2-3-7-21-14-17-12(11-9-16-19-13(11)18-14)15-8-10-5-4-6-20-10/h4-6,8-9H,2-3,7H2,1H3,(H,16,17,18,19). The Kier molecular flexibility index (Phi) is 4.30. The molecule has 0 bridgehead atoms. The van der Waals surface area contributed by atoms with Crippen molar-refractivity contribution in [3.05, 3.63) is 30.4 Å². The largest absolute Gasteiger partial charge is 0.463 e. The van der Waals surface area contributed by atoms with Crippen LogP contribution in [0.5, 0.6) is 0 Å². The van der Waals surface area contributed by atoms with Crippen molar-refractivity contribution in [3.63, 3.8) is 0 Å². The van der Waals surface area contributed by atoms with Gasteiger partial charge in [-0.25, -0.2) is 15.0 Å². The summed E-state index contributed by atoms with van der Waals surface area (Å²) < 4.78 is 5.24. The molecule has 0 saturated carbocycles. The molecule has 108 valence electrons. The number of aliphatic imine (C=N–C) groups is 1. The average Bonchev–Trinajstić information content (AvgIpc) is 3.16. The normalized spacial score (nSPS) is 11.7. The Labute approximate surface area is 126 Å². The predicted octanol–water partition coefficient (Wildman–Crippen LogP) is 3.59. The molecule has 0 aromatic carbocycles. The highest BCUT2D eigenvalue weighted by Gasteiger charge is 2.09. The SMILES string of the molecule is CCCCSc1nc(N=Cc2ccco2)c2cn[nH]c2n1. The van der Waals surface area contributed by atoms with Gasteiger partial charge in [-0.1, -0.05) is 25.1 Å². The molecule has 21 heavy (non-hydrogen) atoms. The molecule has 1 N–H and O–H groups in total. The van der Waals surface area contributed by atoms with Crippen LogP contribution >= 0.6 is 11.8 Å². The summed E-state index contributed by atoms with van der Waals surface area (Å²) in [5.74, 6) is 2.28. The monoisotopic (exact) mass is 301 g/mol. The second kappa shape index (κ2) is 6.53. The number of unbranched alkanes of at least 4 members (excludes halogenated alkanes) is 1. The van der Waals surface area contributed by atoms with Gasteiger partial charge in [0.25, 0.3) is 0 Å². The fourth-order valence-corrected chi connectivity index (χ4v) is 2.68. The average molecular weight is 301 g/mol. The van der Waals surface area contributed by atoms with Crippen LogP contribution in [0.25, 0.3) is 11.0 Å². The van der Waals surface area contributed by atoms with E-state index < -0.39 is 0 Å². The van der Waals surface area contributed by atoms with Crippen LogP contribution < -0.4 is 0 Å². The molecule has 0 atom stereocenters. The molecule has 0 aliphatic carbocycles. The molecular formula is C14H15N5OS. The van der Waals surface area contributed by atoms with Crippen LogP contribution in [0.4, 0.5) is 5.82 Å². The number of thioether (sulfide) groups is 1. The first-order valence-electron chi connectivity index (χ1n) is 6.78. The zero-order valence-electron chi connectivity index (χ0n) is 11.6. The smallest absolute Gasteiger partial charge is 0.191 e. The van der Waals surface area contributed by atoms with E-state index in [9.17, 15) is 0 Å². The highest BCUT2D eigenvalue weighted by atomic mass is 32.2. The molecule has 3 heterocycles. The highest BCUT2D eigenvalue weighted by Crippen LogP contribution is 2.25. The van der Waals surface area contributed by atoms with Crippen LogP contribution in [-0.4, -0.2) is 32.1 Å². The highest BCUT2D eigenvalue weighted by molar-refractivity contribution is 7.99. The number of hydrogen-bond donors (Lipinski definition) is 1. The van der Waals surface area contributed by atoms with Gasteiger partial charge in [0.2, 0.25) is 0 Å². The lowest BCUT2D eigenvalue weighted by Crippen LogP contribution is -1.90. The number of nitrogens with zero attached hydrogens (tertiary/aromatic N) is 4. The second-order valence-electron chi connectivity index (χ2n) is 4.44. The Morgan fingerprint density at radius 2 is 2.38 bits per heavy atom. The van der Waals surface area contributed by atoms with E-state index in [0.717, 1.165) is 24.0 Å². The van der Waals surface area contributed by atoms with Gasteiger partial charge < -0.3 is 4.42 Å². The number of rotatable bonds is 6. The van der Waals surface area contributed by atoms with Crippen molar-refractivity contribution in [3.8, 4) is 0 Å². The van der Waals surface area contributed by atoms with Crippen LogP contribution in [0.1, 0.15) is 25.5 Å². The summed E-state index contributed by atoms with van der Waals surface area (Å²) in [6.07, 6.45) is 7.24. The molecule has 7 heteroatoms. The first-order chi connectivity index (χ1) is 10.4. The zero-order valence-corrected chi connectivity index (χ0v) is 12.4. The number of nitrogens with one attached hydrogen (secondary N) is 1. The van der Waals surface area contributed by atoms with Crippen molar-refractivity contribution in [1.29, 1.82) is 0 Å². The van der Waals surface area contributed by atoms with E-state index in [4.69, 9.17) is 4.42 Å². The minimum atomic E-state index is 0.601. The quantitative estimate of drug-likeness (QED) is 0.326. The summed E-state index contributed by atoms with van der Waals surface area (Å²) >= 11 is 1.63. The minimum absolute atomic E-state index is 0.601. The molecule has 6 nitrogen and oxygen atoms in total. The van der Waals surface area contributed by atoms with Gasteiger partial charge in [-0.3, -0.25) is 5.10 Å². The van der Waals surface area contributed by atoms with Gasteiger partial charge in [0.05, 0.1) is 24.1 Å². The summed E-state index contributed by atoms with van der Waals surface area (Å²) in [6.45, 7) is 2.17. The number of furan rings is 1. The summed E-state index contributed by atoms with van der Waals surface area (Å²) in [6, 6.07) is 3.66.